The molecule has 0 unspecified atom stereocenters. The Hall–Kier alpha value is -4.86. The van der Waals surface area contributed by atoms with Gasteiger partial charge in [0.2, 0.25) is 11.3 Å². The van der Waals surface area contributed by atoms with Gasteiger partial charge in [0, 0.05) is 31.3 Å². The highest BCUT2D eigenvalue weighted by atomic mass is 16.1. The average molecular weight is 467 g/mol. The molecule has 0 saturated heterocycles. The lowest BCUT2D eigenvalue weighted by Gasteiger charge is -2.15. The molecule has 35 heavy (non-hydrogen) atoms. The summed E-state index contributed by atoms with van der Waals surface area (Å²) in [4.78, 5) is 45.9. The minimum absolute atomic E-state index is 0.163. The molecule has 0 aliphatic heterocycles. The van der Waals surface area contributed by atoms with E-state index in [0.29, 0.717) is 52.0 Å². The third-order valence-corrected chi connectivity index (χ3v) is 5.58. The zero-order valence-corrected chi connectivity index (χ0v) is 18.9. The van der Waals surface area contributed by atoms with E-state index in [1.807, 2.05) is 13.0 Å². The number of nitrogens with zero attached hydrogens (tertiary/aromatic N) is 5. The molecule has 5 aromatic heterocycles. The van der Waals surface area contributed by atoms with Gasteiger partial charge in [-0.05, 0) is 42.8 Å². The average Bonchev–Trinajstić information content (AvgIpc) is 3.39. The van der Waals surface area contributed by atoms with Crippen LogP contribution in [0.5, 0.6) is 0 Å². The van der Waals surface area contributed by atoms with Crippen LogP contribution in [-0.4, -0.2) is 35.4 Å². The van der Waals surface area contributed by atoms with Crippen LogP contribution in [-0.2, 0) is 17.8 Å². The van der Waals surface area contributed by atoms with Crippen molar-refractivity contribution >= 4 is 28.6 Å². The third kappa shape index (κ3) is 4.24. The molecule has 1 amide bonds. The molecule has 5 heterocycles. The van der Waals surface area contributed by atoms with Crippen molar-refractivity contribution in [3.05, 3.63) is 83.0 Å². The fourth-order valence-electron chi connectivity index (χ4n) is 3.91. The highest BCUT2D eigenvalue weighted by Crippen LogP contribution is 2.25. The van der Waals surface area contributed by atoms with Crippen molar-refractivity contribution in [3.8, 4) is 22.8 Å². The van der Waals surface area contributed by atoms with Crippen molar-refractivity contribution in [1.82, 2.24) is 29.5 Å². The summed E-state index contributed by atoms with van der Waals surface area (Å²) in [5.74, 6) is 1.03. The summed E-state index contributed by atoms with van der Waals surface area (Å²) in [6, 6.07) is 12.4. The Morgan fingerprint density at radius 2 is 1.91 bits per heavy atom. The van der Waals surface area contributed by atoms with E-state index in [-0.39, 0.29) is 17.8 Å². The molecule has 0 aliphatic carbocycles. The van der Waals surface area contributed by atoms with Gasteiger partial charge in [0.25, 0.3) is 0 Å². The summed E-state index contributed by atoms with van der Waals surface area (Å²) in [5.41, 5.74) is 8.89. The number of H-pyrrole nitrogens is 1. The van der Waals surface area contributed by atoms with Gasteiger partial charge in [-0.15, -0.1) is 0 Å². The van der Waals surface area contributed by atoms with Gasteiger partial charge >= 0.3 is 0 Å². The van der Waals surface area contributed by atoms with Crippen LogP contribution in [0.1, 0.15) is 12.5 Å². The Balaban J connectivity index is 1.45. The van der Waals surface area contributed by atoms with Gasteiger partial charge < -0.3 is 20.6 Å². The SMILES string of the molecule is CCn1c(N)c(-c2ncc[nH]2)c(=O)c2ccc(-c3ccc(CC(=O)Nc4ccccn4)cn3)nc21. The van der Waals surface area contributed by atoms with E-state index in [1.54, 1.807) is 65.8 Å². The number of aromatic amines is 1. The molecule has 0 spiro atoms. The van der Waals surface area contributed by atoms with Crippen LogP contribution in [0.3, 0.4) is 0 Å². The number of nitrogens with one attached hydrogen (secondary N) is 2. The van der Waals surface area contributed by atoms with Crippen LogP contribution in [0.2, 0.25) is 0 Å². The molecule has 5 aromatic rings. The molecular weight excluding hydrogens is 444 g/mol. The highest BCUT2D eigenvalue weighted by Gasteiger charge is 2.19. The number of fused-ring (bicyclic) bond motifs is 1. The number of aromatic nitrogens is 6. The van der Waals surface area contributed by atoms with Crippen molar-refractivity contribution < 1.29 is 4.79 Å². The van der Waals surface area contributed by atoms with Crippen LogP contribution < -0.4 is 16.5 Å². The van der Waals surface area contributed by atoms with E-state index in [4.69, 9.17) is 10.7 Å². The van der Waals surface area contributed by atoms with E-state index < -0.39 is 0 Å². The number of imidazole rings is 1. The van der Waals surface area contributed by atoms with Gasteiger partial charge in [-0.3, -0.25) is 14.6 Å². The number of anilines is 2. The number of hydrogen-bond donors (Lipinski definition) is 3. The second-order valence-electron chi connectivity index (χ2n) is 7.83. The number of amides is 1. The molecule has 10 nitrogen and oxygen atoms in total. The molecule has 0 aliphatic rings. The van der Waals surface area contributed by atoms with Crippen LogP contribution in [0.15, 0.2) is 72.0 Å². The van der Waals surface area contributed by atoms with E-state index >= 15 is 0 Å². The van der Waals surface area contributed by atoms with Crippen molar-refractivity contribution in [2.24, 2.45) is 0 Å². The topological polar surface area (TPSA) is 144 Å². The van der Waals surface area contributed by atoms with Gasteiger partial charge in [0.05, 0.1) is 23.2 Å². The summed E-state index contributed by atoms with van der Waals surface area (Å²) in [7, 11) is 0. The summed E-state index contributed by atoms with van der Waals surface area (Å²) in [6.45, 7) is 2.45. The number of nitrogens with two attached hydrogens (primary N) is 1. The minimum atomic E-state index is -0.238. The Morgan fingerprint density at radius 3 is 2.60 bits per heavy atom. The monoisotopic (exact) mass is 466 g/mol. The van der Waals surface area contributed by atoms with Crippen molar-refractivity contribution in [2.45, 2.75) is 19.9 Å². The predicted molar refractivity (Wildman–Crippen MR) is 133 cm³/mol. The standard InChI is InChI=1S/C25H22N8O2/c1-2-33-23(26)21(24-28-11-12-29-24)22(35)16-7-9-18(31-25(16)33)17-8-6-15(14-30-17)13-20(34)32-19-5-3-4-10-27-19/h3-12,14H,2,13,26H2,1H3,(H,28,29)(H,27,32,34). The summed E-state index contributed by atoms with van der Waals surface area (Å²) < 4.78 is 1.79. The molecule has 0 aromatic carbocycles. The lowest BCUT2D eigenvalue weighted by Crippen LogP contribution is -2.18. The highest BCUT2D eigenvalue weighted by molar-refractivity contribution is 5.91. The van der Waals surface area contributed by atoms with Crippen molar-refractivity contribution in [2.75, 3.05) is 11.1 Å². The number of pyridine rings is 4. The maximum atomic E-state index is 13.2. The molecule has 4 N–H and O–H groups in total. The summed E-state index contributed by atoms with van der Waals surface area (Å²) >= 11 is 0. The van der Waals surface area contributed by atoms with Crippen molar-refractivity contribution in [3.63, 3.8) is 0 Å². The largest absolute Gasteiger partial charge is 0.384 e. The van der Waals surface area contributed by atoms with E-state index in [2.05, 4.69) is 25.3 Å². The second-order valence-corrected chi connectivity index (χ2v) is 7.83. The van der Waals surface area contributed by atoms with Gasteiger partial charge in [0.15, 0.2) is 0 Å². The van der Waals surface area contributed by atoms with Crippen LogP contribution in [0.4, 0.5) is 11.6 Å². The Labute approximate surface area is 199 Å². The maximum Gasteiger partial charge on any atom is 0.230 e. The summed E-state index contributed by atoms with van der Waals surface area (Å²) in [5, 5.41) is 3.20. The number of aryl methyl sites for hydroxylation is 1. The Morgan fingerprint density at radius 1 is 1.06 bits per heavy atom. The molecule has 0 atom stereocenters. The summed E-state index contributed by atoms with van der Waals surface area (Å²) in [6.07, 6.45) is 6.64. The van der Waals surface area contributed by atoms with E-state index in [0.717, 1.165) is 5.56 Å². The molecule has 10 heteroatoms. The van der Waals surface area contributed by atoms with Crippen LogP contribution >= 0.6 is 0 Å². The van der Waals surface area contributed by atoms with Gasteiger partial charge in [-0.25, -0.2) is 15.0 Å². The lowest BCUT2D eigenvalue weighted by molar-refractivity contribution is -0.115. The number of carbonyl (C=O) groups excluding carboxylic acids is 1. The zero-order valence-electron chi connectivity index (χ0n) is 18.9. The fraction of sp³-hybridized carbons (Fsp3) is 0.120. The second kappa shape index (κ2) is 9.18. The quantitative estimate of drug-likeness (QED) is 0.349. The Kier molecular flexibility index (Phi) is 5.76. The lowest BCUT2D eigenvalue weighted by atomic mass is 10.1. The Bertz CT molecular complexity index is 1560. The van der Waals surface area contributed by atoms with Crippen LogP contribution in [0.25, 0.3) is 33.8 Å². The van der Waals surface area contributed by atoms with E-state index in [9.17, 15) is 9.59 Å². The normalized spacial score (nSPS) is 11.0. The smallest absolute Gasteiger partial charge is 0.230 e. The first-order valence-corrected chi connectivity index (χ1v) is 11.0. The number of rotatable bonds is 6. The van der Waals surface area contributed by atoms with Gasteiger partial charge in [-0.1, -0.05) is 12.1 Å². The first-order chi connectivity index (χ1) is 17.0. The zero-order chi connectivity index (χ0) is 24.4. The minimum Gasteiger partial charge on any atom is -0.384 e. The molecule has 174 valence electrons. The van der Waals surface area contributed by atoms with E-state index in [1.165, 1.54) is 0 Å². The molecule has 0 bridgehead atoms. The van der Waals surface area contributed by atoms with Gasteiger partial charge in [0.1, 0.15) is 28.7 Å². The van der Waals surface area contributed by atoms with Crippen molar-refractivity contribution in [1.29, 1.82) is 0 Å². The molecule has 0 radical (unpaired) electrons. The maximum absolute atomic E-state index is 13.2. The number of hydrogen-bond acceptors (Lipinski definition) is 7. The van der Waals surface area contributed by atoms with Gasteiger partial charge in [-0.2, -0.15) is 0 Å². The first-order valence-electron chi connectivity index (χ1n) is 11.0. The molecular formula is C25H22N8O2. The number of nitrogen functional groups attached to an aromatic ring is 1. The first kappa shape index (κ1) is 22.0. The third-order valence-electron chi connectivity index (χ3n) is 5.58. The fourth-order valence-corrected chi connectivity index (χ4v) is 3.91. The molecule has 5 rings (SSSR count). The molecule has 0 fully saturated rings. The predicted octanol–water partition coefficient (Wildman–Crippen LogP) is 3.03. The number of carbonyl (C=O) groups is 1. The molecule has 0 saturated carbocycles. The van der Waals surface area contributed by atoms with Crippen LogP contribution in [0, 0.1) is 0 Å².